The minimum absolute atomic E-state index is 0.265. The van der Waals surface area contributed by atoms with Gasteiger partial charge < -0.3 is 5.32 Å². The summed E-state index contributed by atoms with van der Waals surface area (Å²) in [6, 6.07) is 11.2. The summed E-state index contributed by atoms with van der Waals surface area (Å²) in [6.07, 6.45) is 7.75. The largest absolute Gasteiger partial charge is 0.348 e. The number of carbonyl (C=O) groups excluding carboxylic acids is 1. The van der Waals surface area contributed by atoms with Crippen LogP contribution >= 0.6 is 23.2 Å². The van der Waals surface area contributed by atoms with E-state index in [0.717, 1.165) is 16.8 Å². The Morgan fingerprint density at radius 3 is 2.75 bits per heavy atom. The molecule has 4 rings (SSSR count). The van der Waals surface area contributed by atoms with Gasteiger partial charge in [0.25, 0.3) is 0 Å². The number of pyridine rings is 1. The van der Waals surface area contributed by atoms with Crippen molar-refractivity contribution in [3.63, 3.8) is 0 Å². The molecule has 4 aromatic rings. The third-order valence-corrected chi connectivity index (χ3v) is 5.36. The van der Waals surface area contributed by atoms with Crippen molar-refractivity contribution in [3.05, 3.63) is 93.9 Å². The number of halogens is 2. The fourth-order valence-corrected chi connectivity index (χ4v) is 3.54. The van der Waals surface area contributed by atoms with Crippen LogP contribution in [0.4, 0.5) is 0 Å². The number of nitrogens with zero attached hydrogens (tertiary/aromatic N) is 6. The molecular weight excluding hydrogens is 449 g/mol. The number of amides is 1. The maximum Gasteiger partial charge on any atom is 0.244 e. The Morgan fingerprint density at radius 2 is 2.00 bits per heavy atom. The maximum absolute atomic E-state index is 12.4. The van der Waals surface area contributed by atoms with Crippen LogP contribution < -0.4 is 5.32 Å². The highest BCUT2D eigenvalue weighted by Crippen LogP contribution is 2.22. The molecule has 0 aliphatic rings. The summed E-state index contributed by atoms with van der Waals surface area (Å²) in [7, 11) is 0. The molecule has 3 aromatic heterocycles. The number of hydrogen-bond acceptors (Lipinski definition) is 5. The zero-order chi connectivity index (χ0) is 22.5. The summed E-state index contributed by atoms with van der Waals surface area (Å²) in [5.41, 5.74) is 3.26. The van der Waals surface area contributed by atoms with Gasteiger partial charge in [-0.05, 0) is 36.8 Å². The molecule has 0 atom stereocenters. The predicted octanol–water partition coefficient (Wildman–Crippen LogP) is 3.85. The number of aromatic nitrogens is 6. The zero-order valence-electron chi connectivity index (χ0n) is 17.1. The van der Waals surface area contributed by atoms with E-state index in [1.165, 1.54) is 12.4 Å². The lowest BCUT2D eigenvalue weighted by atomic mass is 10.2. The molecule has 1 amide bonds. The fourth-order valence-electron chi connectivity index (χ4n) is 3.12. The predicted molar refractivity (Wildman–Crippen MR) is 123 cm³/mol. The first kappa shape index (κ1) is 21.7. The first-order valence-electron chi connectivity index (χ1n) is 9.73. The van der Waals surface area contributed by atoms with Crippen molar-refractivity contribution < 1.29 is 4.79 Å². The standard InChI is InChI=1S/C22H19Cl2N7O/c1-15-19(21(24)30(29-15)12-16-4-6-18(23)7-5-16)8-9-20(32)27-11-17-3-2-10-26-22(17)31-14-25-13-28-31/h2-10,13-14H,11-12H2,1H3,(H,27,32)/b9-8+. The minimum Gasteiger partial charge on any atom is -0.348 e. The number of hydrogen-bond donors (Lipinski definition) is 1. The smallest absolute Gasteiger partial charge is 0.244 e. The van der Waals surface area contributed by atoms with Gasteiger partial charge in [-0.25, -0.2) is 19.3 Å². The third-order valence-electron chi connectivity index (χ3n) is 4.71. The van der Waals surface area contributed by atoms with E-state index >= 15 is 0 Å². The third kappa shape index (κ3) is 5.04. The highest BCUT2D eigenvalue weighted by molar-refractivity contribution is 6.31. The van der Waals surface area contributed by atoms with Crippen molar-refractivity contribution >= 4 is 35.2 Å². The van der Waals surface area contributed by atoms with Crippen molar-refractivity contribution in [1.82, 2.24) is 34.8 Å². The van der Waals surface area contributed by atoms with Crippen LogP contribution in [0.15, 0.2) is 61.3 Å². The molecule has 162 valence electrons. The van der Waals surface area contributed by atoms with Gasteiger partial charge in [-0.3, -0.25) is 4.79 Å². The monoisotopic (exact) mass is 467 g/mol. The molecule has 0 fully saturated rings. The lowest BCUT2D eigenvalue weighted by Gasteiger charge is -2.08. The topological polar surface area (TPSA) is 90.5 Å². The van der Waals surface area contributed by atoms with E-state index in [-0.39, 0.29) is 12.5 Å². The van der Waals surface area contributed by atoms with E-state index in [1.54, 1.807) is 34.0 Å². The van der Waals surface area contributed by atoms with Crippen LogP contribution in [0.25, 0.3) is 11.9 Å². The molecule has 0 bridgehead atoms. The van der Waals surface area contributed by atoms with Crippen LogP contribution in [0.1, 0.15) is 22.4 Å². The molecule has 0 saturated carbocycles. The van der Waals surface area contributed by atoms with Gasteiger partial charge >= 0.3 is 0 Å². The van der Waals surface area contributed by atoms with E-state index in [0.29, 0.717) is 28.1 Å². The molecular formula is C22H19Cl2N7O. The summed E-state index contributed by atoms with van der Waals surface area (Å²) >= 11 is 12.5. The van der Waals surface area contributed by atoms with E-state index in [9.17, 15) is 4.79 Å². The zero-order valence-corrected chi connectivity index (χ0v) is 18.6. The molecule has 10 heteroatoms. The SMILES string of the molecule is Cc1nn(Cc2ccc(Cl)cc2)c(Cl)c1/C=C/C(=O)NCc1cccnc1-n1cncn1. The minimum atomic E-state index is -0.265. The van der Waals surface area contributed by atoms with Gasteiger partial charge in [-0.2, -0.15) is 10.2 Å². The first-order valence-corrected chi connectivity index (χ1v) is 10.5. The molecule has 1 aromatic carbocycles. The molecule has 0 spiro atoms. The Hall–Kier alpha value is -3.49. The van der Waals surface area contributed by atoms with E-state index < -0.39 is 0 Å². The maximum atomic E-state index is 12.4. The summed E-state index contributed by atoms with van der Waals surface area (Å²) in [5.74, 6) is 0.343. The van der Waals surface area contributed by atoms with Crippen LogP contribution in [0.2, 0.25) is 10.2 Å². The van der Waals surface area contributed by atoms with Gasteiger partial charge in [-0.15, -0.1) is 0 Å². The Balaban J connectivity index is 1.42. The van der Waals surface area contributed by atoms with Crippen LogP contribution in [0.3, 0.4) is 0 Å². The van der Waals surface area contributed by atoms with Gasteiger partial charge in [0.1, 0.15) is 17.8 Å². The van der Waals surface area contributed by atoms with Gasteiger partial charge in [0.15, 0.2) is 5.82 Å². The Bertz CT molecular complexity index is 1250. The molecule has 32 heavy (non-hydrogen) atoms. The van der Waals surface area contributed by atoms with Crippen LogP contribution in [-0.2, 0) is 17.9 Å². The van der Waals surface area contributed by atoms with Gasteiger partial charge in [0.2, 0.25) is 5.91 Å². The summed E-state index contributed by atoms with van der Waals surface area (Å²) in [4.78, 5) is 20.7. The normalized spacial score (nSPS) is 11.2. The second-order valence-corrected chi connectivity index (χ2v) is 7.75. The molecule has 0 radical (unpaired) electrons. The summed E-state index contributed by atoms with van der Waals surface area (Å²) in [5, 5.41) is 12.6. The molecule has 0 unspecified atom stereocenters. The average molecular weight is 468 g/mol. The van der Waals surface area contributed by atoms with Crippen molar-refractivity contribution in [2.75, 3.05) is 0 Å². The second-order valence-electron chi connectivity index (χ2n) is 6.95. The number of carbonyl (C=O) groups is 1. The summed E-state index contributed by atoms with van der Waals surface area (Å²) < 4.78 is 3.24. The molecule has 0 saturated heterocycles. The molecule has 1 N–H and O–H groups in total. The quantitative estimate of drug-likeness (QED) is 0.416. The summed E-state index contributed by atoms with van der Waals surface area (Å²) in [6.45, 7) is 2.64. The highest BCUT2D eigenvalue weighted by atomic mass is 35.5. The molecule has 3 heterocycles. The Labute approximate surface area is 194 Å². The molecule has 0 aliphatic carbocycles. The lowest BCUT2D eigenvalue weighted by Crippen LogP contribution is -2.21. The van der Waals surface area contributed by atoms with Crippen molar-refractivity contribution in [1.29, 1.82) is 0 Å². The average Bonchev–Trinajstić information content (AvgIpc) is 3.41. The Morgan fingerprint density at radius 1 is 1.19 bits per heavy atom. The van der Waals surface area contributed by atoms with Crippen LogP contribution in [0, 0.1) is 6.92 Å². The van der Waals surface area contributed by atoms with Gasteiger partial charge in [0.05, 0.1) is 12.2 Å². The van der Waals surface area contributed by atoms with Crippen LogP contribution in [0.5, 0.6) is 0 Å². The Kier molecular flexibility index (Phi) is 6.63. The van der Waals surface area contributed by atoms with Gasteiger partial charge in [0, 0.05) is 35.0 Å². The van der Waals surface area contributed by atoms with Crippen molar-refractivity contribution in [2.45, 2.75) is 20.0 Å². The highest BCUT2D eigenvalue weighted by Gasteiger charge is 2.12. The van der Waals surface area contributed by atoms with Crippen LogP contribution in [-0.4, -0.2) is 35.4 Å². The number of rotatable bonds is 7. The van der Waals surface area contributed by atoms with E-state index in [1.807, 2.05) is 37.3 Å². The van der Waals surface area contributed by atoms with Crippen molar-refractivity contribution in [3.8, 4) is 5.82 Å². The fraction of sp³-hybridized carbons (Fsp3) is 0.136. The van der Waals surface area contributed by atoms with E-state index in [2.05, 4.69) is 25.5 Å². The number of nitrogens with one attached hydrogen (secondary N) is 1. The van der Waals surface area contributed by atoms with Crippen molar-refractivity contribution in [2.24, 2.45) is 0 Å². The molecule has 8 nitrogen and oxygen atoms in total. The number of benzene rings is 1. The lowest BCUT2D eigenvalue weighted by molar-refractivity contribution is -0.116. The first-order chi connectivity index (χ1) is 15.5. The molecule has 0 aliphatic heterocycles. The number of aryl methyl sites for hydroxylation is 1. The van der Waals surface area contributed by atoms with E-state index in [4.69, 9.17) is 23.2 Å². The second kappa shape index (κ2) is 9.76. The van der Waals surface area contributed by atoms with Gasteiger partial charge in [-0.1, -0.05) is 41.4 Å².